The number of allylic oxidation sites excluding steroid dienone is 4. The first-order valence-corrected chi connectivity index (χ1v) is 8.34. The summed E-state index contributed by atoms with van der Waals surface area (Å²) in [6.45, 7) is 7.91. The minimum absolute atomic E-state index is 0.120. The molecule has 0 bridgehead atoms. The maximum Gasteiger partial charge on any atom is 0.274 e. The van der Waals surface area contributed by atoms with Crippen molar-refractivity contribution >= 4 is 23.1 Å². The number of methoxy groups -OCH3 is 1. The van der Waals surface area contributed by atoms with Crippen LogP contribution in [0.5, 0.6) is 0 Å². The van der Waals surface area contributed by atoms with Crippen molar-refractivity contribution < 1.29 is 4.74 Å². The number of nitrogens with one attached hydrogen (secondary N) is 1. The van der Waals surface area contributed by atoms with Gasteiger partial charge in [0.25, 0.3) is 5.56 Å². The molecule has 7 heteroatoms. The number of aryl methyl sites for hydroxylation is 1. The molecule has 0 unspecified atom stereocenters. The Morgan fingerprint density at radius 3 is 2.92 bits per heavy atom. The van der Waals surface area contributed by atoms with Gasteiger partial charge < -0.3 is 14.6 Å². The molecule has 0 aromatic carbocycles. The van der Waals surface area contributed by atoms with Crippen molar-refractivity contribution in [2.75, 3.05) is 12.4 Å². The average molecular weight is 373 g/mol. The zero-order chi connectivity index (χ0) is 19.1. The van der Waals surface area contributed by atoms with Crippen LogP contribution in [-0.2, 0) is 11.3 Å². The molecule has 0 aliphatic rings. The summed E-state index contributed by atoms with van der Waals surface area (Å²) in [5.74, 6) is 1.05. The smallest absolute Gasteiger partial charge is 0.274 e. The number of nitrogens with zero attached hydrogens (tertiary/aromatic N) is 3. The van der Waals surface area contributed by atoms with Crippen LogP contribution in [0.15, 0.2) is 65.5 Å². The molecule has 136 valence electrons. The highest BCUT2D eigenvalue weighted by molar-refractivity contribution is 6.28. The van der Waals surface area contributed by atoms with Crippen LogP contribution in [0.4, 0.5) is 11.5 Å². The third-order valence-corrected chi connectivity index (χ3v) is 3.87. The monoisotopic (exact) mass is 372 g/mol. The molecule has 0 saturated heterocycles. The lowest BCUT2D eigenvalue weighted by atomic mass is 10.2. The van der Waals surface area contributed by atoms with Gasteiger partial charge in [0, 0.05) is 18.0 Å². The van der Waals surface area contributed by atoms with Crippen molar-refractivity contribution in [1.29, 1.82) is 0 Å². The molecule has 1 N–H and O–H groups in total. The Hall–Kier alpha value is -2.86. The van der Waals surface area contributed by atoms with Gasteiger partial charge in [0.15, 0.2) is 0 Å². The van der Waals surface area contributed by atoms with Gasteiger partial charge in [-0.1, -0.05) is 18.7 Å². The van der Waals surface area contributed by atoms with Gasteiger partial charge in [0.05, 0.1) is 13.7 Å². The van der Waals surface area contributed by atoms with E-state index in [2.05, 4.69) is 21.9 Å². The van der Waals surface area contributed by atoms with Crippen LogP contribution in [0, 0.1) is 6.92 Å². The lowest BCUT2D eigenvalue weighted by molar-refractivity contribution is 0.309. The fraction of sp³-hybridized carbons (Fsp3) is 0.211. The van der Waals surface area contributed by atoms with Gasteiger partial charge in [0.1, 0.15) is 17.3 Å². The molecule has 2 rings (SSSR count). The fourth-order valence-electron chi connectivity index (χ4n) is 2.14. The van der Waals surface area contributed by atoms with Gasteiger partial charge in [-0.3, -0.25) is 4.79 Å². The van der Waals surface area contributed by atoms with E-state index >= 15 is 0 Å². The van der Waals surface area contributed by atoms with Crippen molar-refractivity contribution in [2.45, 2.75) is 20.4 Å². The van der Waals surface area contributed by atoms with E-state index in [1.54, 1.807) is 42.3 Å². The van der Waals surface area contributed by atoms with Crippen LogP contribution in [0.2, 0.25) is 5.28 Å². The third kappa shape index (κ3) is 5.07. The number of ether oxygens (including phenoxy) is 1. The van der Waals surface area contributed by atoms with Crippen LogP contribution < -0.4 is 10.9 Å². The van der Waals surface area contributed by atoms with Crippen LogP contribution in [0.25, 0.3) is 0 Å². The minimum atomic E-state index is -0.167. The van der Waals surface area contributed by atoms with Crippen LogP contribution in [0.3, 0.4) is 0 Å². The summed E-state index contributed by atoms with van der Waals surface area (Å²) in [5.41, 5.74) is 1.98. The number of rotatable bonds is 7. The molecule has 0 saturated carbocycles. The van der Waals surface area contributed by atoms with Gasteiger partial charge >= 0.3 is 0 Å². The van der Waals surface area contributed by atoms with Crippen LogP contribution in [0.1, 0.15) is 12.5 Å². The van der Waals surface area contributed by atoms with E-state index in [-0.39, 0.29) is 10.8 Å². The summed E-state index contributed by atoms with van der Waals surface area (Å²) in [7, 11) is 1.56. The molecule has 0 aliphatic carbocycles. The number of hydrogen-bond acceptors (Lipinski definition) is 5. The number of anilines is 2. The zero-order valence-corrected chi connectivity index (χ0v) is 15.7. The normalized spacial score (nSPS) is 11.6. The van der Waals surface area contributed by atoms with Crippen LogP contribution >= 0.6 is 11.6 Å². The first-order valence-electron chi connectivity index (χ1n) is 7.96. The van der Waals surface area contributed by atoms with E-state index in [1.807, 2.05) is 26.0 Å². The molecule has 0 atom stereocenters. The number of pyridine rings is 1. The summed E-state index contributed by atoms with van der Waals surface area (Å²) < 4.78 is 6.62. The maximum atomic E-state index is 12.7. The predicted molar refractivity (Wildman–Crippen MR) is 105 cm³/mol. The summed E-state index contributed by atoms with van der Waals surface area (Å²) in [6, 6.07) is 3.50. The topological polar surface area (TPSA) is 69.0 Å². The molecule has 2 heterocycles. The van der Waals surface area contributed by atoms with Gasteiger partial charge in [-0.2, -0.15) is 0 Å². The van der Waals surface area contributed by atoms with Crippen molar-refractivity contribution in [2.24, 2.45) is 0 Å². The first kappa shape index (κ1) is 19.5. The van der Waals surface area contributed by atoms with E-state index < -0.39 is 0 Å². The van der Waals surface area contributed by atoms with E-state index in [1.165, 1.54) is 0 Å². The van der Waals surface area contributed by atoms with Gasteiger partial charge in [-0.05, 0) is 49.2 Å². The Labute approximate surface area is 157 Å². The second kappa shape index (κ2) is 9.01. The lowest BCUT2D eigenvalue weighted by Gasteiger charge is -2.11. The van der Waals surface area contributed by atoms with Crippen molar-refractivity contribution in [1.82, 2.24) is 14.5 Å². The number of aromatic nitrogens is 3. The molecule has 0 spiro atoms. The predicted octanol–water partition coefficient (Wildman–Crippen LogP) is 4.01. The molecule has 0 fully saturated rings. The first-order chi connectivity index (χ1) is 12.4. The minimum Gasteiger partial charge on any atom is -0.497 e. The van der Waals surface area contributed by atoms with Crippen LogP contribution in [-0.4, -0.2) is 21.6 Å². The Morgan fingerprint density at radius 1 is 1.46 bits per heavy atom. The van der Waals surface area contributed by atoms with Crippen molar-refractivity contribution in [3.63, 3.8) is 0 Å². The molecule has 0 aliphatic heterocycles. The summed E-state index contributed by atoms with van der Waals surface area (Å²) in [5, 5.41) is 3.15. The Bertz CT molecular complexity index is 916. The van der Waals surface area contributed by atoms with E-state index in [4.69, 9.17) is 16.3 Å². The molecular weight excluding hydrogens is 352 g/mol. The molecular formula is C19H21ClN4O2. The van der Waals surface area contributed by atoms with Gasteiger partial charge in [-0.25, -0.2) is 9.97 Å². The second-order valence-electron chi connectivity index (χ2n) is 5.52. The standard InChI is InChI=1S/C19H21ClN4O2/c1-5-15(9-8-14(3)26-4)12-24-10-6-7-16(18(24)25)22-17-13(2)11-21-19(20)23-17/h5-11H,3,12H2,1-2,4H3,(H,21,22,23). The SMILES string of the molecule is C=C(C=CC(=CC)Cn1cccc(Nc2nc(Cl)ncc2C)c1=O)OC. The highest BCUT2D eigenvalue weighted by Crippen LogP contribution is 2.16. The quantitative estimate of drug-likeness (QED) is 0.452. The molecule has 6 nitrogen and oxygen atoms in total. The Balaban J connectivity index is 2.26. The number of halogens is 1. The molecule has 26 heavy (non-hydrogen) atoms. The summed E-state index contributed by atoms with van der Waals surface area (Å²) in [4.78, 5) is 20.8. The summed E-state index contributed by atoms with van der Waals surface area (Å²) >= 11 is 5.84. The summed E-state index contributed by atoms with van der Waals surface area (Å²) in [6.07, 6.45) is 8.89. The maximum absolute atomic E-state index is 12.7. The highest BCUT2D eigenvalue weighted by atomic mass is 35.5. The molecule has 2 aromatic rings. The molecule has 0 radical (unpaired) electrons. The third-order valence-electron chi connectivity index (χ3n) is 3.68. The lowest BCUT2D eigenvalue weighted by Crippen LogP contribution is -2.22. The van der Waals surface area contributed by atoms with E-state index in [0.29, 0.717) is 23.8 Å². The van der Waals surface area contributed by atoms with E-state index in [9.17, 15) is 4.79 Å². The zero-order valence-electron chi connectivity index (χ0n) is 15.0. The van der Waals surface area contributed by atoms with Crippen molar-refractivity contribution in [3.8, 4) is 0 Å². The second-order valence-corrected chi connectivity index (χ2v) is 5.86. The largest absolute Gasteiger partial charge is 0.497 e. The molecule has 2 aromatic heterocycles. The number of hydrogen-bond donors (Lipinski definition) is 1. The Morgan fingerprint density at radius 2 is 2.23 bits per heavy atom. The average Bonchev–Trinajstić information content (AvgIpc) is 2.64. The Kier molecular flexibility index (Phi) is 6.74. The van der Waals surface area contributed by atoms with Gasteiger partial charge in [0.2, 0.25) is 5.28 Å². The van der Waals surface area contributed by atoms with E-state index in [0.717, 1.165) is 11.1 Å². The van der Waals surface area contributed by atoms with Gasteiger partial charge in [-0.15, -0.1) is 0 Å². The fourth-order valence-corrected chi connectivity index (χ4v) is 2.27. The molecule has 0 amide bonds. The highest BCUT2D eigenvalue weighted by Gasteiger charge is 2.08. The van der Waals surface area contributed by atoms with Crippen molar-refractivity contribution in [3.05, 3.63) is 81.9 Å².